The molecule has 1 aliphatic carbocycles. The van der Waals surface area contributed by atoms with Crippen LogP contribution in [-0.4, -0.2) is 67.7 Å². The van der Waals surface area contributed by atoms with Crippen LogP contribution < -0.4 is 5.32 Å². The number of rotatable bonds is 8. The van der Waals surface area contributed by atoms with Crippen molar-refractivity contribution in [2.75, 3.05) is 45.8 Å². The van der Waals surface area contributed by atoms with Gasteiger partial charge in [0, 0.05) is 31.6 Å². The van der Waals surface area contributed by atoms with Crippen molar-refractivity contribution >= 4 is 5.96 Å². The first-order chi connectivity index (χ1) is 14.2. The Bertz CT molecular complexity index is 730. The van der Waals surface area contributed by atoms with E-state index in [1.54, 1.807) is 19.1 Å². The van der Waals surface area contributed by atoms with E-state index in [-0.39, 0.29) is 17.2 Å². The molecule has 168 valence electrons. The van der Waals surface area contributed by atoms with Gasteiger partial charge in [-0.25, -0.2) is 4.39 Å². The SMILES string of the molecule is CCNC(=NCC1(c2cccc(F)c2)CC1)N1CCC(CN(CC)CC(F)(F)F)C1. The highest BCUT2D eigenvalue weighted by Gasteiger charge is 2.44. The summed E-state index contributed by atoms with van der Waals surface area (Å²) in [5.74, 6) is 0.771. The summed E-state index contributed by atoms with van der Waals surface area (Å²) in [6.07, 6.45) is -1.33. The molecule has 3 rings (SSSR count). The summed E-state index contributed by atoms with van der Waals surface area (Å²) in [6.45, 7) is 6.55. The first-order valence-electron chi connectivity index (χ1n) is 10.8. The number of hydrogen-bond donors (Lipinski definition) is 1. The minimum Gasteiger partial charge on any atom is -0.357 e. The molecule has 1 N–H and O–H groups in total. The molecule has 0 spiro atoms. The Kier molecular flexibility index (Phi) is 7.26. The maximum atomic E-state index is 13.6. The molecule has 0 radical (unpaired) electrons. The first kappa shape index (κ1) is 22.8. The Labute approximate surface area is 176 Å². The highest BCUT2D eigenvalue weighted by molar-refractivity contribution is 5.80. The van der Waals surface area contributed by atoms with Crippen molar-refractivity contribution in [2.45, 2.75) is 44.7 Å². The van der Waals surface area contributed by atoms with Crippen molar-refractivity contribution in [1.82, 2.24) is 15.1 Å². The summed E-state index contributed by atoms with van der Waals surface area (Å²) in [4.78, 5) is 8.47. The lowest BCUT2D eigenvalue weighted by molar-refractivity contribution is -0.146. The van der Waals surface area contributed by atoms with Gasteiger partial charge in [-0.15, -0.1) is 0 Å². The van der Waals surface area contributed by atoms with E-state index in [0.29, 0.717) is 26.2 Å². The van der Waals surface area contributed by atoms with E-state index >= 15 is 0 Å². The van der Waals surface area contributed by atoms with Crippen molar-refractivity contribution in [3.63, 3.8) is 0 Å². The molecule has 2 aliphatic rings. The lowest BCUT2D eigenvalue weighted by atomic mass is 9.96. The lowest BCUT2D eigenvalue weighted by Gasteiger charge is -2.26. The van der Waals surface area contributed by atoms with Gasteiger partial charge in [0.05, 0.1) is 13.1 Å². The smallest absolute Gasteiger partial charge is 0.357 e. The largest absolute Gasteiger partial charge is 0.401 e. The average molecular weight is 429 g/mol. The number of likely N-dealkylation sites (tertiary alicyclic amines) is 1. The van der Waals surface area contributed by atoms with Crippen LogP contribution in [0, 0.1) is 11.7 Å². The fourth-order valence-corrected chi connectivity index (χ4v) is 4.26. The zero-order chi connectivity index (χ0) is 21.8. The third-order valence-corrected chi connectivity index (χ3v) is 6.11. The van der Waals surface area contributed by atoms with Gasteiger partial charge in [0.25, 0.3) is 0 Å². The van der Waals surface area contributed by atoms with E-state index in [9.17, 15) is 17.6 Å². The second-order valence-corrected chi connectivity index (χ2v) is 8.50. The molecule has 1 saturated heterocycles. The highest BCUT2D eigenvalue weighted by Crippen LogP contribution is 2.48. The number of halogens is 4. The summed E-state index contributed by atoms with van der Waals surface area (Å²) in [5.41, 5.74) is 0.903. The molecule has 1 unspecified atom stereocenters. The Morgan fingerprint density at radius 3 is 2.67 bits per heavy atom. The minimum absolute atomic E-state index is 0.0897. The monoisotopic (exact) mass is 428 g/mol. The molecular formula is C22H32F4N4. The lowest BCUT2D eigenvalue weighted by Crippen LogP contribution is -2.42. The number of guanidine groups is 1. The molecular weight excluding hydrogens is 396 g/mol. The van der Waals surface area contributed by atoms with Gasteiger partial charge < -0.3 is 10.2 Å². The number of alkyl halides is 3. The maximum absolute atomic E-state index is 13.6. The van der Waals surface area contributed by atoms with Gasteiger partial charge in [-0.05, 0) is 56.3 Å². The van der Waals surface area contributed by atoms with E-state index in [1.807, 2.05) is 13.0 Å². The zero-order valence-electron chi connectivity index (χ0n) is 17.8. The third-order valence-electron chi connectivity index (χ3n) is 6.11. The van der Waals surface area contributed by atoms with Crippen LogP contribution in [-0.2, 0) is 5.41 Å². The minimum atomic E-state index is -4.17. The summed E-state index contributed by atoms with van der Waals surface area (Å²) >= 11 is 0. The van der Waals surface area contributed by atoms with Crippen LogP contribution in [0.3, 0.4) is 0 Å². The molecule has 30 heavy (non-hydrogen) atoms. The Morgan fingerprint density at radius 2 is 2.07 bits per heavy atom. The second-order valence-electron chi connectivity index (χ2n) is 8.50. The van der Waals surface area contributed by atoms with Gasteiger partial charge >= 0.3 is 6.18 Å². The predicted molar refractivity (Wildman–Crippen MR) is 111 cm³/mol. The normalized spacial score (nSPS) is 21.4. The van der Waals surface area contributed by atoms with E-state index in [1.165, 1.54) is 11.0 Å². The predicted octanol–water partition coefficient (Wildman–Crippen LogP) is 4.03. The molecule has 0 aromatic heterocycles. The molecule has 4 nitrogen and oxygen atoms in total. The van der Waals surface area contributed by atoms with Gasteiger partial charge in [0.15, 0.2) is 5.96 Å². The molecule has 0 bridgehead atoms. The van der Waals surface area contributed by atoms with Gasteiger partial charge in [-0.2, -0.15) is 13.2 Å². The number of hydrogen-bond acceptors (Lipinski definition) is 2. The molecule has 1 heterocycles. The van der Waals surface area contributed by atoms with Gasteiger partial charge in [0.1, 0.15) is 5.82 Å². The van der Waals surface area contributed by atoms with E-state index in [2.05, 4.69) is 10.2 Å². The molecule has 2 fully saturated rings. The number of nitrogens with one attached hydrogen (secondary N) is 1. The summed E-state index contributed by atoms with van der Waals surface area (Å²) < 4.78 is 51.9. The van der Waals surface area contributed by atoms with Crippen LogP contribution in [0.1, 0.15) is 38.7 Å². The van der Waals surface area contributed by atoms with Crippen molar-refractivity contribution in [3.8, 4) is 0 Å². The van der Waals surface area contributed by atoms with Crippen LogP contribution in [0.2, 0.25) is 0 Å². The molecule has 8 heteroatoms. The third kappa shape index (κ3) is 6.09. The zero-order valence-corrected chi connectivity index (χ0v) is 17.8. The van der Waals surface area contributed by atoms with Crippen LogP contribution >= 0.6 is 0 Å². The van der Waals surface area contributed by atoms with Crippen molar-refractivity contribution < 1.29 is 17.6 Å². The number of aliphatic imine (C=N–C) groups is 1. The molecule has 1 aliphatic heterocycles. The number of benzene rings is 1. The molecule has 1 aromatic rings. The summed E-state index contributed by atoms with van der Waals surface area (Å²) in [6, 6.07) is 6.76. The fourth-order valence-electron chi connectivity index (χ4n) is 4.26. The van der Waals surface area contributed by atoms with E-state index < -0.39 is 12.7 Å². The summed E-state index contributed by atoms with van der Waals surface area (Å²) in [7, 11) is 0. The molecule has 1 aromatic carbocycles. The van der Waals surface area contributed by atoms with Gasteiger partial charge in [-0.3, -0.25) is 9.89 Å². The van der Waals surface area contributed by atoms with Gasteiger partial charge in [-0.1, -0.05) is 19.1 Å². The van der Waals surface area contributed by atoms with E-state index in [0.717, 1.165) is 43.9 Å². The van der Waals surface area contributed by atoms with Crippen LogP contribution in [0.4, 0.5) is 17.6 Å². The molecule has 0 amide bonds. The summed E-state index contributed by atoms with van der Waals surface area (Å²) in [5, 5.41) is 3.32. The van der Waals surface area contributed by atoms with Crippen molar-refractivity contribution in [3.05, 3.63) is 35.6 Å². The quantitative estimate of drug-likeness (QED) is 0.385. The van der Waals surface area contributed by atoms with Gasteiger partial charge in [0.2, 0.25) is 0 Å². The Morgan fingerprint density at radius 1 is 1.30 bits per heavy atom. The average Bonchev–Trinajstić information content (AvgIpc) is 3.34. The maximum Gasteiger partial charge on any atom is 0.401 e. The molecule has 1 atom stereocenters. The fraction of sp³-hybridized carbons (Fsp3) is 0.682. The van der Waals surface area contributed by atoms with Crippen LogP contribution in [0.15, 0.2) is 29.3 Å². The Balaban J connectivity index is 1.61. The first-order valence-corrected chi connectivity index (χ1v) is 10.8. The van der Waals surface area contributed by atoms with Crippen molar-refractivity contribution in [1.29, 1.82) is 0 Å². The highest BCUT2D eigenvalue weighted by atomic mass is 19.4. The topological polar surface area (TPSA) is 30.9 Å². The van der Waals surface area contributed by atoms with Crippen LogP contribution in [0.5, 0.6) is 0 Å². The molecule has 1 saturated carbocycles. The van der Waals surface area contributed by atoms with Crippen molar-refractivity contribution in [2.24, 2.45) is 10.9 Å². The van der Waals surface area contributed by atoms with E-state index in [4.69, 9.17) is 4.99 Å². The Hall–Kier alpha value is -1.83. The standard InChI is InChI=1S/C22H32F4N4/c1-3-27-20(28-15-21(9-10-21)18-6-5-7-19(23)12-18)30-11-8-17(14-30)13-29(4-2)16-22(24,25)26/h5-7,12,17H,3-4,8-11,13-16H2,1-2H3,(H,27,28). The number of nitrogens with zero attached hydrogens (tertiary/aromatic N) is 3. The second kappa shape index (κ2) is 9.54. The van der Waals surface area contributed by atoms with Crippen LogP contribution in [0.25, 0.3) is 0 Å².